The van der Waals surface area contributed by atoms with Gasteiger partial charge < -0.3 is 9.47 Å². The van der Waals surface area contributed by atoms with Crippen molar-refractivity contribution >= 4 is 11.6 Å². The summed E-state index contributed by atoms with van der Waals surface area (Å²) in [6, 6.07) is 22.1. The van der Waals surface area contributed by atoms with Crippen LogP contribution >= 0.6 is 0 Å². The number of hydrogen-bond acceptors (Lipinski definition) is 2. The van der Waals surface area contributed by atoms with Crippen LogP contribution in [0, 0.1) is 17.8 Å². The molecule has 0 amide bonds. The molecule has 40 heavy (non-hydrogen) atoms. The van der Waals surface area contributed by atoms with Gasteiger partial charge in [-0.25, -0.2) is 0 Å². The molecule has 0 aromatic heterocycles. The highest BCUT2D eigenvalue weighted by Crippen LogP contribution is 2.26. The van der Waals surface area contributed by atoms with Crippen LogP contribution in [-0.4, -0.2) is 13.2 Å². The molecule has 1 atom stereocenters. The van der Waals surface area contributed by atoms with Crippen molar-refractivity contribution in [2.24, 2.45) is 17.8 Å². The Morgan fingerprint density at radius 1 is 0.675 bits per heavy atom. The van der Waals surface area contributed by atoms with Gasteiger partial charge in [-0.05, 0) is 94.0 Å². The van der Waals surface area contributed by atoms with Crippen molar-refractivity contribution in [2.45, 2.75) is 87.5 Å². The molecular formula is C38H52O2. The molecule has 0 aliphatic heterocycles. The smallest absolute Gasteiger partial charge is 0.119 e. The molecule has 0 heterocycles. The fourth-order valence-corrected chi connectivity index (χ4v) is 4.92. The van der Waals surface area contributed by atoms with E-state index in [1.165, 1.54) is 45.5 Å². The Morgan fingerprint density at radius 3 is 1.62 bits per heavy atom. The summed E-state index contributed by atoms with van der Waals surface area (Å²) >= 11 is 0. The van der Waals surface area contributed by atoms with Crippen LogP contribution in [-0.2, 0) is 0 Å². The molecule has 0 N–H and O–H groups in total. The highest BCUT2D eigenvalue weighted by Gasteiger charge is 2.12. The fourth-order valence-electron chi connectivity index (χ4n) is 4.92. The molecule has 3 aromatic rings. The Balaban J connectivity index is 2.25. The molecule has 0 aliphatic rings. The molecule has 0 spiro atoms. The molecule has 216 valence electrons. The zero-order valence-corrected chi connectivity index (χ0v) is 26.3. The van der Waals surface area contributed by atoms with Gasteiger partial charge in [0, 0.05) is 0 Å². The normalized spacial score (nSPS) is 13.6. The topological polar surface area (TPSA) is 18.5 Å². The molecule has 0 bridgehead atoms. The van der Waals surface area contributed by atoms with Crippen LogP contribution in [0.3, 0.4) is 0 Å². The molecule has 2 nitrogen and oxygen atoms in total. The molecule has 1 unspecified atom stereocenters. The van der Waals surface area contributed by atoms with Crippen LogP contribution in [0.4, 0.5) is 0 Å². The second-order valence-corrected chi connectivity index (χ2v) is 12.0. The van der Waals surface area contributed by atoms with E-state index < -0.39 is 0 Å². The lowest BCUT2D eigenvalue weighted by atomic mass is 9.89. The number of benzene rings is 3. The van der Waals surface area contributed by atoms with E-state index >= 15 is 0 Å². The van der Waals surface area contributed by atoms with Crippen LogP contribution in [0.2, 0.25) is 0 Å². The van der Waals surface area contributed by atoms with Gasteiger partial charge >= 0.3 is 0 Å². The predicted molar refractivity (Wildman–Crippen MR) is 174 cm³/mol. The Morgan fingerprint density at radius 2 is 1.18 bits per heavy atom. The van der Waals surface area contributed by atoms with Crippen molar-refractivity contribution in [3.63, 3.8) is 0 Å². The number of unbranched alkanes of at least 4 members (excludes halogenated alkanes) is 1. The van der Waals surface area contributed by atoms with E-state index in [-0.39, 0.29) is 0 Å². The average Bonchev–Trinajstić information content (AvgIpc) is 2.96. The third kappa shape index (κ3) is 8.75. The highest BCUT2D eigenvalue weighted by molar-refractivity contribution is 5.76. The van der Waals surface area contributed by atoms with Crippen molar-refractivity contribution in [1.82, 2.24) is 0 Å². The summed E-state index contributed by atoms with van der Waals surface area (Å²) in [5, 5.41) is 2.79. The van der Waals surface area contributed by atoms with Gasteiger partial charge in [0.2, 0.25) is 0 Å². The second-order valence-electron chi connectivity index (χ2n) is 12.0. The van der Waals surface area contributed by atoms with E-state index in [2.05, 4.69) is 122 Å². The van der Waals surface area contributed by atoms with E-state index in [4.69, 9.17) is 9.47 Å². The maximum Gasteiger partial charge on any atom is 0.119 e. The summed E-state index contributed by atoms with van der Waals surface area (Å²) in [5.41, 5.74) is 6.65. The van der Waals surface area contributed by atoms with Crippen LogP contribution in [0.15, 0.2) is 60.7 Å². The van der Waals surface area contributed by atoms with Crippen LogP contribution < -0.4 is 19.9 Å². The lowest BCUT2D eigenvalue weighted by molar-refractivity contribution is 0.271. The number of rotatable bonds is 14. The monoisotopic (exact) mass is 540 g/mol. The average molecular weight is 541 g/mol. The maximum absolute atomic E-state index is 6.00. The van der Waals surface area contributed by atoms with Crippen molar-refractivity contribution < 1.29 is 9.47 Å². The Bertz CT molecular complexity index is 1300. The quantitative estimate of drug-likeness (QED) is 0.203. The first kappa shape index (κ1) is 31.5. The molecule has 3 rings (SSSR count). The molecule has 3 aromatic carbocycles. The highest BCUT2D eigenvalue weighted by atomic mass is 16.5. The molecule has 0 saturated heterocycles. The first-order chi connectivity index (χ1) is 19.3. The summed E-state index contributed by atoms with van der Waals surface area (Å²) in [5.74, 6) is 3.37. The third-order valence-electron chi connectivity index (χ3n) is 7.45. The van der Waals surface area contributed by atoms with Crippen molar-refractivity contribution in [1.29, 1.82) is 0 Å². The van der Waals surface area contributed by atoms with E-state index in [1.807, 2.05) is 0 Å². The van der Waals surface area contributed by atoms with Gasteiger partial charge in [-0.2, -0.15) is 0 Å². The SMILES string of the molecule is CCCC/C(CC)=c1/c(-c2ccc(OCC(C)C)cc2)ccc(-c2ccc(OCC(C)C)cc2)/c1=C/C(C)CC. The Labute approximate surface area is 244 Å². The minimum absolute atomic E-state index is 0.484. The Hall–Kier alpha value is -3.00. The summed E-state index contributed by atoms with van der Waals surface area (Å²) < 4.78 is 12.0. The summed E-state index contributed by atoms with van der Waals surface area (Å²) in [6.07, 6.45) is 8.21. The zero-order chi connectivity index (χ0) is 29.1. The van der Waals surface area contributed by atoms with Gasteiger partial charge in [0.15, 0.2) is 0 Å². The van der Waals surface area contributed by atoms with Gasteiger partial charge in [-0.1, -0.05) is 116 Å². The van der Waals surface area contributed by atoms with Gasteiger partial charge in [0.25, 0.3) is 0 Å². The van der Waals surface area contributed by atoms with Gasteiger partial charge in [0.1, 0.15) is 11.5 Å². The fraction of sp³-hybridized carbons (Fsp3) is 0.474. The van der Waals surface area contributed by atoms with Gasteiger partial charge in [0.05, 0.1) is 13.2 Å². The molecule has 0 radical (unpaired) electrons. The predicted octanol–water partition coefficient (Wildman–Crippen LogP) is 9.67. The molecule has 0 fully saturated rings. The summed E-state index contributed by atoms with van der Waals surface area (Å²) in [7, 11) is 0. The lowest BCUT2D eigenvalue weighted by Gasteiger charge is -2.16. The largest absolute Gasteiger partial charge is 0.493 e. The van der Waals surface area contributed by atoms with E-state index in [9.17, 15) is 0 Å². The third-order valence-corrected chi connectivity index (χ3v) is 7.45. The first-order valence-electron chi connectivity index (χ1n) is 15.6. The van der Waals surface area contributed by atoms with E-state index in [1.54, 1.807) is 5.57 Å². The summed E-state index contributed by atoms with van der Waals surface area (Å²) in [6.45, 7) is 19.4. The van der Waals surface area contributed by atoms with Gasteiger partial charge in [-0.15, -0.1) is 0 Å². The van der Waals surface area contributed by atoms with Crippen molar-refractivity contribution in [3.05, 3.63) is 71.1 Å². The zero-order valence-electron chi connectivity index (χ0n) is 26.3. The van der Waals surface area contributed by atoms with Gasteiger partial charge in [-0.3, -0.25) is 0 Å². The van der Waals surface area contributed by atoms with Crippen molar-refractivity contribution in [3.8, 4) is 33.8 Å². The number of hydrogen-bond donors (Lipinski definition) is 0. The first-order valence-corrected chi connectivity index (χ1v) is 15.6. The molecule has 0 saturated carbocycles. The van der Waals surface area contributed by atoms with Crippen LogP contribution in [0.5, 0.6) is 11.5 Å². The molecule has 2 heteroatoms. The molecular weight excluding hydrogens is 488 g/mol. The maximum atomic E-state index is 6.00. The summed E-state index contributed by atoms with van der Waals surface area (Å²) in [4.78, 5) is 0. The van der Waals surface area contributed by atoms with Crippen molar-refractivity contribution in [2.75, 3.05) is 13.2 Å². The second kappa shape index (κ2) is 15.7. The van der Waals surface area contributed by atoms with E-state index in [0.29, 0.717) is 17.8 Å². The lowest BCUT2D eigenvalue weighted by Crippen LogP contribution is -2.32. The standard InChI is InChI=1S/C38H52O2/c1-9-12-13-30(11-3)38-36(32-16-20-34(21-17-32)40-26-28(6)7)23-22-35(37(38)24-29(8)10-2)31-14-18-33(19-15-31)39-25-27(4)5/h14-24,27-29H,9-13,25-26H2,1-8H3/b37-24-,38-30-. The van der Waals surface area contributed by atoms with E-state index in [0.717, 1.165) is 44.0 Å². The van der Waals surface area contributed by atoms with Crippen LogP contribution in [0.25, 0.3) is 33.9 Å². The molecule has 0 aliphatic carbocycles. The number of ether oxygens (including phenoxy) is 2. The van der Waals surface area contributed by atoms with Crippen LogP contribution in [0.1, 0.15) is 87.5 Å². The minimum atomic E-state index is 0.484. The minimum Gasteiger partial charge on any atom is -0.493 e. The Kier molecular flexibility index (Phi) is 12.4.